The second kappa shape index (κ2) is 8.97. The van der Waals surface area contributed by atoms with Crippen LogP contribution in [0, 0.1) is 5.41 Å². The summed E-state index contributed by atoms with van der Waals surface area (Å²) in [6.45, 7) is 3.96. The lowest BCUT2D eigenvalue weighted by molar-refractivity contribution is 0.302. The van der Waals surface area contributed by atoms with Crippen molar-refractivity contribution in [3.8, 4) is 0 Å². The van der Waals surface area contributed by atoms with Crippen molar-refractivity contribution in [3.05, 3.63) is 59.7 Å². The molecule has 1 N–H and O–H groups in total. The van der Waals surface area contributed by atoms with Gasteiger partial charge in [-0.15, -0.1) is 0 Å². The third-order valence-electron chi connectivity index (χ3n) is 3.51. The van der Waals surface area contributed by atoms with E-state index in [1.54, 1.807) is 21.6 Å². The maximum absolute atomic E-state index is 8.15. The van der Waals surface area contributed by atoms with Gasteiger partial charge in [0, 0.05) is 9.79 Å². The number of hydrogen-bond acceptors (Lipinski definition) is 6. The number of benzene rings is 2. The quantitative estimate of drug-likeness (QED) is 0.421. The van der Waals surface area contributed by atoms with Crippen molar-refractivity contribution in [3.63, 3.8) is 0 Å². The minimum atomic E-state index is 0.224. The molecular weight excluding hydrogens is 352 g/mol. The average Bonchev–Trinajstić information content (AvgIpc) is 3.19. The van der Waals surface area contributed by atoms with Crippen LogP contribution in [0.5, 0.6) is 0 Å². The lowest BCUT2D eigenvalue weighted by Gasteiger charge is -2.12. The number of hydrogen-bond donors (Lipinski definition) is 1. The van der Waals surface area contributed by atoms with Crippen molar-refractivity contribution in [2.45, 2.75) is 23.1 Å². The van der Waals surface area contributed by atoms with Gasteiger partial charge in [0.15, 0.2) is 0 Å². The van der Waals surface area contributed by atoms with Gasteiger partial charge in [-0.25, -0.2) is 4.99 Å². The van der Waals surface area contributed by atoms with Gasteiger partial charge in [0.2, 0.25) is 11.8 Å². The second-order valence-corrected chi connectivity index (χ2v) is 7.58. The Hall–Kier alpha value is -1.92. The molecule has 0 bridgehead atoms. The van der Waals surface area contributed by atoms with Crippen LogP contribution in [-0.2, 0) is 9.47 Å². The highest BCUT2D eigenvalue weighted by atomic mass is 33.1. The van der Waals surface area contributed by atoms with Gasteiger partial charge in [-0.1, -0.05) is 52.8 Å². The van der Waals surface area contributed by atoms with E-state index in [1.165, 1.54) is 0 Å². The first-order chi connectivity index (χ1) is 12.3. The van der Waals surface area contributed by atoms with Crippen LogP contribution in [-0.4, -0.2) is 31.6 Å². The van der Waals surface area contributed by atoms with E-state index in [0.717, 1.165) is 39.8 Å². The van der Waals surface area contributed by atoms with Crippen molar-refractivity contribution >= 4 is 33.4 Å². The normalized spacial score (nSPS) is 13.2. The molecule has 1 aliphatic heterocycles. The highest BCUT2D eigenvalue weighted by Crippen LogP contribution is 2.41. The molecule has 0 aromatic heterocycles. The Balaban J connectivity index is 1.76. The van der Waals surface area contributed by atoms with Gasteiger partial charge in [0.1, 0.15) is 6.61 Å². The van der Waals surface area contributed by atoms with Gasteiger partial charge in [-0.3, -0.25) is 5.41 Å². The first-order valence-corrected chi connectivity index (χ1v) is 10.4. The third-order valence-corrected chi connectivity index (χ3v) is 5.99. The molecule has 0 atom stereocenters. The minimum absolute atomic E-state index is 0.224. The molecule has 2 aromatic carbocycles. The fourth-order valence-corrected chi connectivity index (χ4v) is 4.67. The lowest BCUT2D eigenvalue weighted by atomic mass is 10.2. The van der Waals surface area contributed by atoms with Crippen molar-refractivity contribution in [1.82, 2.24) is 0 Å². The van der Waals surface area contributed by atoms with Crippen molar-refractivity contribution < 1.29 is 9.47 Å². The van der Waals surface area contributed by atoms with E-state index in [-0.39, 0.29) is 5.90 Å². The summed E-state index contributed by atoms with van der Waals surface area (Å²) >= 11 is 0. The molecular formula is C19H20N2O2S2. The number of aliphatic imine (C=N–C) groups is 1. The zero-order valence-electron chi connectivity index (χ0n) is 14.0. The number of ether oxygens (including phenoxy) is 2. The molecule has 4 nitrogen and oxygen atoms in total. The number of nitrogens with zero attached hydrogens (tertiary/aromatic N) is 1. The Morgan fingerprint density at radius 1 is 1.12 bits per heavy atom. The summed E-state index contributed by atoms with van der Waals surface area (Å²) in [5, 5.41) is 8.15. The van der Waals surface area contributed by atoms with Crippen molar-refractivity contribution in [2.24, 2.45) is 4.99 Å². The van der Waals surface area contributed by atoms with Crippen LogP contribution in [0.25, 0.3) is 0 Å². The van der Waals surface area contributed by atoms with Gasteiger partial charge < -0.3 is 9.47 Å². The van der Waals surface area contributed by atoms with Crippen LogP contribution in [0.1, 0.15) is 24.5 Å². The van der Waals surface area contributed by atoms with E-state index in [9.17, 15) is 0 Å². The molecule has 0 aliphatic carbocycles. The fraction of sp³-hybridized carbons (Fsp3) is 0.263. The van der Waals surface area contributed by atoms with Crippen molar-refractivity contribution in [1.29, 1.82) is 5.41 Å². The Kier molecular flexibility index (Phi) is 6.42. The van der Waals surface area contributed by atoms with Gasteiger partial charge in [-0.2, -0.15) is 0 Å². The molecule has 1 aliphatic rings. The van der Waals surface area contributed by atoms with Gasteiger partial charge in [0.05, 0.1) is 24.3 Å². The fourth-order valence-electron chi connectivity index (χ4n) is 2.31. The molecule has 0 amide bonds. The lowest BCUT2D eigenvalue weighted by Crippen LogP contribution is -2.07. The summed E-state index contributed by atoms with van der Waals surface area (Å²) in [5.74, 6) is 0.943. The van der Waals surface area contributed by atoms with Crippen LogP contribution in [0.15, 0.2) is 63.3 Å². The molecule has 25 heavy (non-hydrogen) atoms. The summed E-state index contributed by atoms with van der Waals surface area (Å²) in [6.07, 6.45) is 0.891. The third kappa shape index (κ3) is 4.58. The molecule has 0 saturated carbocycles. The SMILES string of the molecule is CCCOC(=N)c1ccccc1SSc1ccccc1C1=NCCO1. The van der Waals surface area contributed by atoms with Crippen LogP contribution in [0.2, 0.25) is 0 Å². The summed E-state index contributed by atoms with van der Waals surface area (Å²) in [4.78, 5) is 6.53. The van der Waals surface area contributed by atoms with Crippen LogP contribution >= 0.6 is 21.6 Å². The van der Waals surface area contributed by atoms with E-state index in [0.29, 0.717) is 13.2 Å². The average molecular weight is 373 g/mol. The first-order valence-electron chi connectivity index (χ1n) is 8.21. The Morgan fingerprint density at radius 2 is 1.84 bits per heavy atom. The van der Waals surface area contributed by atoms with E-state index in [2.05, 4.69) is 11.1 Å². The monoisotopic (exact) mass is 372 g/mol. The molecule has 0 spiro atoms. The summed E-state index contributed by atoms with van der Waals surface area (Å²) in [6, 6.07) is 16.0. The van der Waals surface area contributed by atoms with E-state index in [1.807, 2.05) is 49.4 Å². The van der Waals surface area contributed by atoms with Crippen LogP contribution in [0.4, 0.5) is 0 Å². The predicted octanol–water partition coefficient (Wildman–Crippen LogP) is 5.01. The zero-order chi connectivity index (χ0) is 17.5. The van der Waals surface area contributed by atoms with Crippen LogP contribution in [0.3, 0.4) is 0 Å². The van der Waals surface area contributed by atoms with Crippen LogP contribution < -0.4 is 0 Å². The zero-order valence-corrected chi connectivity index (χ0v) is 15.7. The number of rotatable bonds is 7. The van der Waals surface area contributed by atoms with E-state index >= 15 is 0 Å². The largest absolute Gasteiger partial charge is 0.478 e. The molecule has 2 aromatic rings. The Labute approximate surface area is 155 Å². The van der Waals surface area contributed by atoms with Gasteiger partial charge in [-0.05, 0) is 30.7 Å². The predicted molar refractivity (Wildman–Crippen MR) is 105 cm³/mol. The molecule has 130 valence electrons. The minimum Gasteiger partial charge on any atom is -0.478 e. The molecule has 0 saturated heterocycles. The van der Waals surface area contributed by atoms with Gasteiger partial charge in [0.25, 0.3) is 0 Å². The topological polar surface area (TPSA) is 54.7 Å². The Bertz CT molecular complexity index is 778. The maximum atomic E-state index is 8.15. The van der Waals surface area contributed by atoms with Crippen molar-refractivity contribution in [2.75, 3.05) is 19.8 Å². The first kappa shape index (κ1) is 17.9. The standard InChI is InChI=1S/C19H20N2O2S2/c1-2-12-22-18(20)14-7-3-5-9-16(14)24-25-17-10-6-4-8-15(17)19-21-11-13-23-19/h3-10,20H,2,11-13H2,1H3. The van der Waals surface area contributed by atoms with E-state index in [4.69, 9.17) is 14.9 Å². The summed E-state index contributed by atoms with van der Waals surface area (Å²) in [7, 11) is 3.27. The van der Waals surface area contributed by atoms with Gasteiger partial charge >= 0.3 is 0 Å². The number of nitrogens with one attached hydrogen (secondary N) is 1. The Morgan fingerprint density at radius 3 is 2.60 bits per heavy atom. The second-order valence-electron chi connectivity index (χ2n) is 5.37. The van der Waals surface area contributed by atoms with E-state index < -0.39 is 0 Å². The smallest absolute Gasteiger partial charge is 0.217 e. The summed E-state index contributed by atoms with van der Waals surface area (Å²) < 4.78 is 11.1. The molecule has 0 unspecified atom stereocenters. The molecule has 6 heteroatoms. The highest BCUT2D eigenvalue weighted by Gasteiger charge is 2.16. The molecule has 0 radical (unpaired) electrons. The summed E-state index contributed by atoms with van der Waals surface area (Å²) in [5.41, 5.74) is 1.84. The molecule has 3 rings (SSSR count). The highest BCUT2D eigenvalue weighted by molar-refractivity contribution is 8.76. The maximum Gasteiger partial charge on any atom is 0.217 e. The molecule has 0 fully saturated rings. The molecule has 1 heterocycles.